The van der Waals surface area contributed by atoms with E-state index in [4.69, 9.17) is 9.15 Å². The molecule has 10 heteroatoms. The first-order valence-electron chi connectivity index (χ1n) is 9.58. The summed E-state index contributed by atoms with van der Waals surface area (Å²) in [5, 5.41) is 54.2. The van der Waals surface area contributed by atoms with Crippen LogP contribution < -0.4 is 5.43 Å². The van der Waals surface area contributed by atoms with Gasteiger partial charge < -0.3 is 34.7 Å². The molecule has 4 aromatic rings. The number of methoxy groups -OCH3 is 1. The number of carbonyl (C=O) groups is 1. The Hall–Kier alpha value is -4.18. The lowest BCUT2D eigenvalue weighted by Gasteiger charge is -2.19. The van der Waals surface area contributed by atoms with Gasteiger partial charge in [-0.1, -0.05) is 0 Å². The molecule has 5 N–H and O–H groups in total. The van der Waals surface area contributed by atoms with E-state index in [2.05, 4.69) is 0 Å². The van der Waals surface area contributed by atoms with Gasteiger partial charge >= 0.3 is 5.97 Å². The van der Waals surface area contributed by atoms with Crippen molar-refractivity contribution in [1.29, 1.82) is 0 Å². The summed E-state index contributed by atoms with van der Waals surface area (Å²) in [4.78, 5) is 25.1. The molecule has 2 aromatic carbocycles. The van der Waals surface area contributed by atoms with Gasteiger partial charge in [0, 0.05) is 23.1 Å². The van der Waals surface area contributed by atoms with Crippen molar-refractivity contribution >= 4 is 28.3 Å². The number of rotatable bonds is 5. The van der Waals surface area contributed by atoms with Crippen LogP contribution in [-0.2, 0) is 9.53 Å². The lowest BCUT2D eigenvalue weighted by molar-refractivity contribution is -0.140. The molecule has 33 heavy (non-hydrogen) atoms. The maximum absolute atomic E-state index is 13.0. The number of esters is 1. The fourth-order valence-electron chi connectivity index (χ4n) is 3.65. The Balaban J connectivity index is 2.08. The van der Waals surface area contributed by atoms with Crippen LogP contribution in [0.1, 0.15) is 23.5 Å². The molecular formula is C23H18O9S. The molecule has 0 saturated heterocycles. The minimum atomic E-state index is -0.986. The topological polar surface area (TPSA) is 158 Å². The van der Waals surface area contributed by atoms with Crippen LogP contribution in [0.2, 0.25) is 0 Å². The van der Waals surface area contributed by atoms with Gasteiger partial charge in [-0.2, -0.15) is 11.3 Å². The van der Waals surface area contributed by atoms with Gasteiger partial charge in [-0.05, 0) is 40.6 Å². The fourth-order valence-corrected chi connectivity index (χ4v) is 4.37. The number of thiophene rings is 1. The third kappa shape index (κ3) is 3.80. The average molecular weight is 470 g/mol. The molecule has 0 unspecified atom stereocenters. The highest BCUT2D eigenvalue weighted by Crippen LogP contribution is 2.45. The zero-order valence-corrected chi connectivity index (χ0v) is 17.9. The van der Waals surface area contributed by atoms with Crippen LogP contribution in [0.4, 0.5) is 0 Å². The van der Waals surface area contributed by atoms with E-state index in [1.165, 1.54) is 24.5 Å². The lowest BCUT2D eigenvalue weighted by atomic mass is 9.88. The number of fused-ring (bicyclic) bond motifs is 1. The molecule has 0 aliphatic rings. The van der Waals surface area contributed by atoms with Crippen LogP contribution in [-0.4, -0.2) is 38.6 Å². The summed E-state index contributed by atoms with van der Waals surface area (Å²) in [6, 6.07) is 6.18. The van der Waals surface area contributed by atoms with Gasteiger partial charge in [-0.15, -0.1) is 0 Å². The molecule has 0 amide bonds. The molecule has 0 aliphatic heterocycles. The summed E-state index contributed by atoms with van der Waals surface area (Å²) in [5.74, 6) is -4.61. The molecule has 170 valence electrons. The first-order chi connectivity index (χ1) is 15.7. The van der Waals surface area contributed by atoms with E-state index in [0.29, 0.717) is 5.56 Å². The van der Waals surface area contributed by atoms with Gasteiger partial charge in [0.15, 0.2) is 17.3 Å². The molecular weight excluding hydrogens is 452 g/mol. The van der Waals surface area contributed by atoms with Crippen LogP contribution in [0.3, 0.4) is 0 Å². The van der Waals surface area contributed by atoms with Gasteiger partial charge in [0.1, 0.15) is 22.5 Å². The highest BCUT2D eigenvalue weighted by Gasteiger charge is 2.30. The summed E-state index contributed by atoms with van der Waals surface area (Å²) in [6.07, 6.45) is -0.208. The van der Waals surface area contributed by atoms with Gasteiger partial charge in [-0.3, -0.25) is 9.59 Å². The van der Waals surface area contributed by atoms with E-state index >= 15 is 0 Å². The molecule has 1 atom stereocenters. The fraction of sp³-hybridized carbons (Fsp3) is 0.130. The van der Waals surface area contributed by atoms with Crippen LogP contribution >= 0.6 is 11.3 Å². The Labute approximate surface area is 190 Å². The van der Waals surface area contributed by atoms with Gasteiger partial charge in [0.25, 0.3) is 0 Å². The van der Waals surface area contributed by atoms with Crippen molar-refractivity contribution in [2.45, 2.75) is 12.3 Å². The van der Waals surface area contributed by atoms with E-state index in [1.807, 2.05) is 0 Å². The Bertz CT molecular complexity index is 1420. The largest absolute Gasteiger partial charge is 0.507 e. The molecule has 4 rings (SSSR count). The number of phenolic OH excluding ortho intramolecular Hbond substituents is 4. The van der Waals surface area contributed by atoms with Crippen LogP contribution in [0.25, 0.3) is 22.3 Å². The Morgan fingerprint density at radius 3 is 2.42 bits per heavy atom. The summed E-state index contributed by atoms with van der Waals surface area (Å²) in [5.41, 5.74) is -0.520. The van der Waals surface area contributed by atoms with Gasteiger partial charge in [0.05, 0.1) is 13.5 Å². The SMILES string of the molecule is COC(=O)C[C@@H](c1ccsc1)c1c(O)cc(O)c2c(=O)c(O)c(-c3ccc(O)c(O)c3)oc12. The molecule has 0 saturated carbocycles. The van der Waals surface area contributed by atoms with Gasteiger partial charge in [0.2, 0.25) is 11.2 Å². The molecule has 0 aliphatic carbocycles. The van der Waals surface area contributed by atoms with Crippen molar-refractivity contribution in [3.05, 3.63) is 62.4 Å². The minimum absolute atomic E-state index is 0.0351. The zero-order valence-electron chi connectivity index (χ0n) is 17.1. The van der Waals surface area contributed by atoms with Crippen LogP contribution in [0.5, 0.6) is 28.7 Å². The van der Waals surface area contributed by atoms with Crippen molar-refractivity contribution in [3.8, 4) is 40.1 Å². The Morgan fingerprint density at radius 1 is 1.03 bits per heavy atom. The highest BCUT2D eigenvalue weighted by molar-refractivity contribution is 7.08. The molecule has 0 fully saturated rings. The summed E-state index contributed by atoms with van der Waals surface area (Å²) in [7, 11) is 1.22. The highest BCUT2D eigenvalue weighted by atomic mass is 32.1. The van der Waals surface area contributed by atoms with Crippen molar-refractivity contribution in [3.63, 3.8) is 0 Å². The maximum atomic E-state index is 13.0. The Morgan fingerprint density at radius 2 is 1.79 bits per heavy atom. The number of phenols is 4. The second kappa shape index (κ2) is 8.40. The van der Waals surface area contributed by atoms with E-state index in [9.17, 15) is 35.1 Å². The number of benzene rings is 2. The quantitative estimate of drug-likeness (QED) is 0.216. The monoisotopic (exact) mass is 470 g/mol. The molecule has 0 radical (unpaired) electrons. The van der Waals surface area contributed by atoms with E-state index in [1.54, 1.807) is 16.8 Å². The minimum Gasteiger partial charge on any atom is -0.507 e. The number of carbonyl (C=O) groups excluding carboxylic acids is 1. The average Bonchev–Trinajstić information content (AvgIpc) is 3.31. The molecule has 2 heterocycles. The second-order valence-electron chi connectivity index (χ2n) is 7.23. The van der Waals surface area contributed by atoms with Crippen molar-refractivity contribution in [2.24, 2.45) is 0 Å². The zero-order chi connectivity index (χ0) is 23.9. The number of hydrogen-bond donors (Lipinski definition) is 5. The molecule has 0 spiro atoms. The predicted molar refractivity (Wildman–Crippen MR) is 119 cm³/mol. The number of ether oxygens (including phenoxy) is 1. The standard InChI is InChI=1S/C23H18O9S/c1-31-17(28)7-12(11-4-5-33-9-11)18-15(26)8-16(27)19-20(29)21(30)22(32-23(18)19)10-2-3-13(24)14(25)6-10/h2-6,8-9,12,24-27,30H,7H2,1H3/t12-/m0/s1. The smallest absolute Gasteiger partial charge is 0.306 e. The number of aromatic hydroxyl groups is 5. The molecule has 0 bridgehead atoms. The third-order valence-electron chi connectivity index (χ3n) is 5.27. The predicted octanol–water partition coefficient (Wildman–Crippen LogP) is 3.74. The molecule has 9 nitrogen and oxygen atoms in total. The molecule has 2 aromatic heterocycles. The first-order valence-corrected chi connectivity index (χ1v) is 10.5. The summed E-state index contributed by atoms with van der Waals surface area (Å²) >= 11 is 1.35. The maximum Gasteiger partial charge on any atom is 0.306 e. The van der Waals surface area contributed by atoms with E-state index < -0.39 is 51.4 Å². The van der Waals surface area contributed by atoms with Crippen molar-refractivity contribution < 1.29 is 39.5 Å². The lowest BCUT2D eigenvalue weighted by Crippen LogP contribution is -2.12. The van der Waals surface area contributed by atoms with E-state index in [-0.39, 0.29) is 28.9 Å². The second-order valence-corrected chi connectivity index (χ2v) is 8.01. The first kappa shape index (κ1) is 22.0. The van der Waals surface area contributed by atoms with Gasteiger partial charge in [-0.25, -0.2) is 0 Å². The number of hydrogen-bond acceptors (Lipinski definition) is 10. The third-order valence-corrected chi connectivity index (χ3v) is 5.97. The van der Waals surface area contributed by atoms with Crippen molar-refractivity contribution in [1.82, 2.24) is 0 Å². The van der Waals surface area contributed by atoms with E-state index in [0.717, 1.165) is 18.2 Å². The van der Waals surface area contributed by atoms with Crippen LogP contribution in [0.15, 0.2) is 50.3 Å². The summed E-state index contributed by atoms with van der Waals surface area (Å²) in [6.45, 7) is 0. The normalized spacial score (nSPS) is 12.0. The Kier molecular flexibility index (Phi) is 5.60. The summed E-state index contributed by atoms with van der Waals surface area (Å²) < 4.78 is 10.6. The van der Waals surface area contributed by atoms with Crippen molar-refractivity contribution in [2.75, 3.05) is 7.11 Å². The van der Waals surface area contributed by atoms with Crippen LogP contribution in [0, 0.1) is 0 Å².